The predicted molar refractivity (Wildman–Crippen MR) is 71.5 cm³/mol. The number of aryl methyl sites for hydroxylation is 1. The van der Waals surface area contributed by atoms with E-state index < -0.39 is 0 Å². The molecule has 1 aromatic carbocycles. The lowest BCUT2D eigenvalue weighted by Gasteiger charge is -1.94. The summed E-state index contributed by atoms with van der Waals surface area (Å²) in [5, 5.41) is 0.944. The summed E-state index contributed by atoms with van der Waals surface area (Å²) >= 11 is 1.50. The zero-order valence-corrected chi connectivity index (χ0v) is 10.9. The van der Waals surface area contributed by atoms with E-state index in [1.165, 1.54) is 11.3 Å². The van der Waals surface area contributed by atoms with Crippen LogP contribution in [0.4, 0.5) is 0 Å². The lowest BCUT2D eigenvalue weighted by atomic mass is 10.2. The highest BCUT2D eigenvalue weighted by atomic mass is 32.1. The Morgan fingerprint density at radius 1 is 1.29 bits per heavy atom. The summed E-state index contributed by atoms with van der Waals surface area (Å²) in [6, 6.07) is 10.0. The zero-order valence-electron chi connectivity index (χ0n) is 10.1. The van der Waals surface area contributed by atoms with Crippen LogP contribution in [0.15, 0.2) is 30.3 Å². The normalized spacial score (nSPS) is 10.5. The molecule has 0 saturated carbocycles. The van der Waals surface area contributed by atoms with Crippen LogP contribution in [0.5, 0.6) is 0 Å². The molecule has 1 heterocycles. The van der Waals surface area contributed by atoms with E-state index in [0.717, 1.165) is 34.0 Å². The zero-order chi connectivity index (χ0) is 12.3. The number of carbonyl (C=O) groups is 1. The minimum atomic E-state index is 0.119. The van der Waals surface area contributed by atoms with Crippen LogP contribution in [-0.4, -0.2) is 10.8 Å². The molecule has 0 bridgehead atoms. The Labute approximate surface area is 105 Å². The Kier molecular flexibility index (Phi) is 3.69. The average Bonchev–Trinajstić information content (AvgIpc) is 2.75. The summed E-state index contributed by atoms with van der Waals surface area (Å²) < 4.78 is 0. The minimum absolute atomic E-state index is 0.119. The second-order valence-electron chi connectivity index (χ2n) is 3.97. The van der Waals surface area contributed by atoms with Crippen LogP contribution in [0.25, 0.3) is 10.6 Å². The molecule has 0 aliphatic carbocycles. The molecule has 17 heavy (non-hydrogen) atoms. The number of thiazole rings is 1. The largest absolute Gasteiger partial charge is 0.294 e. The van der Waals surface area contributed by atoms with Gasteiger partial charge in [0.25, 0.3) is 0 Å². The number of aromatic nitrogens is 1. The van der Waals surface area contributed by atoms with Crippen LogP contribution in [0.2, 0.25) is 0 Å². The first-order valence-electron chi connectivity index (χ1n) is 5.78. The van der Waals surface area contributed by atoms with Crippen molar-refractivity contribution in [2.45, 2.75) is 26.7 Å². The number of ketones is 1. The van der Waals surface area contributed by atoms with Gasteiger partial charge in [0.2, 0.25) is 0 Å². The SMILES string of the molecule is CCCc1nc(-c2ccccc2)sc1C(C)=O. The van der Waals surface area contributed by atoms with Gasteiger partial charge >= 0.3 is 0 Å². The quantitative estimate of drug-likeness (QED) is 0.763. The number of carbonyl (C=O) groups excluding carboxylic acids is 1. The highest BCUT2D eigenvalue weighted by molar-refractivity contribution is 7.17. The average molecular weight is 245 g/mol. The van der Waals surface area contributed by atoms with Gasteiger partial charge in [-0.05, 0) is 6.42 Å². The van der Waals surface area contributed by atoms with Gasteiger partial charge in [-0.3, -0.25) is 4.79 Å². The number of Topliss-reactive ketones (excluding diaryl/α,β-unsaturated/α-hetero) is 1. The van der Waals surface area contributed by atoms with Gasteiger partial charge in [0.05, 0.1) is 10.6 Å². The summed E-state index contributed by atoms with van der Waals surface area (Å²) in [6.45, 7) is 3.72. The fourth-order valence-corrected chi connectivity index (χ4v) is 2.75. The van der Waals surface area contributed by atoms with Crippen LogP contribution >= 0.6 is 11.3 Å². The monoisotopic (exact) mass is 245 g/mol. The van der Waals surface area contributed by atoms with Crippen LogP contribution in [0, 0.1) is 0 Å². The molecule has 88 valence electrons. The van der Waals surface area contributed by atoms with Crippen molar-refractivity contribution in [1.82, 2.24) is 4.98 Å². The molecule has 0 radical (unpaired) electrons. The molecule has 0 spiro atoms. The first kappa shape index (κ1) is 12.0. The maximum atomic E-state index is 11.6. The van der Waals surface area contributed by atoms with E-state index in [1.807, 2.05) is 30.3 Å². The molecular weight excluding hydrogens is 230 g/mol. The molecule has 2 nitrogen and oxygen atoms in total. The maximum Gasteiger partial charge on any atom is 0.171 e. The highest BCUT2D eigenvalue weighted by Gasteiger charge is 2.14. The topological polar surface area (TPSA) is 30.0 Å². The first-order chi connectivity index (χ1) is 8.22. The van der Waals surface area contributed by atoms with Crippen molar-refractivity contribution in [3.63, 3.8) is 0 Å². The summed E-state index contributed by atoms with van der Waals surface area (Å²) in [6.07, 6.45) is 1.89. The second-order valence-corrected chi connectivity index (χ2v) is 4.97. The standard InChI is InChI=1S/C14H15NOS/c1-3-7-12-13(10(2)16)17-14(15-12)11-8-5-4-6-9-11/h4-6,8-9H,3,7H2,1-2H3. The van der Waals surface area contributed by atoms with Crippen molar-refractivity contribution in [2.24, 2.45) is 0 Å². The Bertz CT molecular complexity index is 516. The molecule has 2 aromatic rings. The van der Waals surface area contributed by atoms with Gasteiger partial charge in [0.1, 0.15) is 5.01 Å². The second kappa shape index (κ2) is 5.23. The molecule has 0 unspecified atom stereocenters. The van der Waals surface area contributed by atoms with Gasteiger partial charge in [0, 0.05) is 12.5 Å². The van der Waals surface area contributed by atoms with E-state index in [9.17, 15) is 4.79 Å². The van der Waals surface area contributed by atoms with E-state index in [0.29, 0.717) is 0 Å². The lowest BCUT2D eigenvalue weighted by Crippen LogP contribution is -1.95. The van der Waals surface area contributed by atoms with Crippen molar-refractivity contribution in [2.75, 3.05) is 0 Å². The highest BCUT2D eigenvalue weighted by Crippen LogP contribution is 2.28. The van der Waals surface area contributed by atoms with Gasteiger partial charge in [-0.25, -0.2) is 4.98 Å². The third-order valence-corrected chi connectivity index (χ3v) is 3.77. The van der Waals surface area contributed by atoms with E-state index in [-0.39, 0.29) is 5.78 Å². The van der Waals surface area contributed by atoms with E-state index in [2.05, 4.69) is 11.9 Å². The van der Waals surface area contributed by atoms with Gasteiger partial charge in [-0.15, -0.1) is 11.3 Å². The smallest absolute Gasteiger partial charge is 0.171 e. The summed E-state index contributed by atoms with van der Waals surface area (Å²) in [4.78, 5) is 17.0. The molecule has 1 aromatic heterocycles. The minimum Gasteiger partial charge on any atom is -0.294 e. The number of hydrogen-bond acceptors (Lipinski definition) is 3. The fraction of sp³-hybridized carbons (Fsp3) is 0.286. The number of hydrogen-bond donors (Lipinski definition) is 0. The van der Waals surface area contributed by atoms with Crippen molar-refractivity contribution >= 4 is 17.1 Å². The lowest BCUT2D eigenvalue weighted by molar-refractivity contribution is 0.102. The van der Waals surface area contributed by atoms with Crippen molar-refractivity contribution in [1.29, 1.82) is 0 Å². The third kappa shape index (κ3) is 2.61. The summed E-state index contributed by atoms with van der Waals surface area (Å²) in [5.41, 5.74) is 2.03. The van der Waals surface area contributed by atoms with Crippen LogP contribution in [0.1, 0.15) is 35.6 Å². The molecular formula is C14H15NOS. The Balaban J connectivity index is 2.44. The molecule has 0 aliphatic heterocycles. The first-order valence-corrected chi connectivity index (χ1v) is 6.60. The Morgan fingerprint density at radius 2 is 2.00 bits per heavy atom. The predicted octanol–water partition coefficient (Wildman–Crippen LogP) is 3.97. The molecule has 2 rings (SSSR count). The van der Waals surface area contributed by atoms with Crippen LogP contribution in [-0.2, 0) is 6.42 Å². The molecule has 0 aliphatic rings. The maximum absolute atomic E-state index is 11.6. The van der Waals surface area contributed by atoms with E-state index in [1.54, 1.807) is 6.92 Å². The summed E-state index contributed by atoms with van der Waals surface area (Å²) in [7, 11) is 0. The molecule has 0 saturated heterocycles. The summed E-state index contributed by atoms with van der Waals surface area (Å²) in [5.74, 6) is 0.119. The molecule has 0 N–H and O–H groups in total. The molecule has 3 heteroatoms. The number of rotatable bonds is 4. The molecule has 0 fully saturated rings. The van der Waals surface area contributed by atoms with E-state index >= 15 is 0 Å². The van der Waals surface area contributed by atoms with Crippen LogP contribution in [0.3, 0.4) is 0 Å². The number of nitrogens with zero attached hydrogens (tertiary/aromatic N) is 1. The third-order valence-electron chi connectivity index (χ3n) is 2.52. The Hall–Kier alpha value is -1.48. The van der Waals surface area contributed by atoms with Gasteiger partial charge in [-0.2, -0.15) is 0 Å². The van der Waals surface area contributed by atoms with Crippen molar-refractivity contribution in [3.05, 3.63) is 40.9 Å². The number of benzene rings is 1. The van der Waals surface area contributed by atoms with Gasteiger partial charge in [-0.1, -0.05) is 43.7 Å². The van der Waals surface area contributed by atoms with Crippen LogP contribution < -0.4 is 0 Å². The van der Waals surface area contributed by atoms with Gasteiger partial charge in [0.15, 0.2) is 5.78 Å². The van der Waals surface area contributed by atoms with E-state index in [4.69, 9.17) is 0 Å². The van der Waals surface area contributed by atoms with Crippen molar-refractivity contribution < 1.29 is 4.79 Å². The Morgan fingerprint density at radius 3 is 2.59 bits per heavy atom. The molecule has 0 amide bonds. The fourth-order valence-electron chi connectivity index (χ4n) is 1.74. The van der Waals surface area contributed by atoms with Gasteiger partial charge < -0.3 is 0 Å². The van der Waals surface area contributed by atoms with Crippen molar-refractivity contribution in [3.8, 4) is 10.6 Å². The molecule has 0 atom stereocenters.